The topological polar surface area (TPSA) is 79.4 Å². The quantitative estimate of drug-likeness (QED) is 0.830. The summed E-state index contributed by atoms with van der Waals surface area (Å²) < 4.78 is 27.3. The van der Waals surface area contributed by atoms with Gasteiger partial charge in [-0.3, -0.25) is 14.5 Å². The van der Waals surface area contributed by atoms with E-state index in [-0.39, 0.29) is 16.6 Å². The molecular formula is C18H21N3O3S. The molecule has 7 heteroatoms. The number of rotatable bonds is 5. The molecular weight excluding hydrogens is 338 g/mol. The zero-order chi connectivity index (χ0) is 17.9. The van der Waals surface area contributed by atoms with Gasteiger partial charge in [0, 0.05) is 29.6 Å². The van der Waals surface area contributed by atoms with Gasteiger partial charge in [0.2, 0.25) is 0 Å². The Balaban J connectivity index is 1.77. The van der Waals surface area contributed by atoms with Gasteiger partial charge in [-0.1, -0.05) is 12.1 Å². The van der Waals surface area contributed by atoms with Gasteiger partial charge in [0.05, 0.1) is 0 Å². The minimum atomic E-state index is -3.72. The molecule has 1 aliphatic heterocycles. The molecule has 0 amide bonds. The van der Waals surface area contributed by atoms with E-state index in [1.165, 1.54) is 18.5 Å². The minimum Gasteiger partial charge on any atom is -0.306 e. The van der Waals surface area contributed by atoms with Gasteiger partial charge in [-0.05, 0) is 57.2 Å². The molecule has 0 atom stereocenters. The van der Waals surface area contributed by atoms with Gasteiger partial charge in [0.25, 0.3) is 10.0 Å². The Morgan fingerprint density at radius 2 is 1.96 bits per heavy atom. The fraction of sp³-hybridized carbons (Fsp3) is 0.333. The number of benzene rings is 1. The van der Waals surface area contributed by atoms with Gasteiger partial charge >= 0.3 is 0 Å². The van der Waals surface area contributed by atoms with Gasteiger partial charge < -0.3 is 4.90 Å². The zero-order valence-corrected chi connectivity index (χ0v) is 14.9. The number of nitrogens with one attached hydrogen (secondary N) is 1. The van der Waals surface area contributed by atoms with Crippen molar-refractivity contribution >= 4 is 21.5 Å². The Morgan fingerprint density at radius 3 is 2.64 bits per heavy atom. The predicted molar refractivity (Wildman–Crippen MR) is 96.0 cm³/mol. The van der Waals surface area contributed by atoms with E-state index < -0.39 is 10.0 Å². The summed E-state index contributed by atoms with van der Waals surface area (Å²) in [5, 5.41) is 0. The summed E-state index contributed by atoms with van der Waals surface area (Å²) in [7, 11) is -1.67. The van der Waals surface area contributed by atoms with Crippen LogP contribution in [0.2, 0.25) is 0 Å². The molecule has 1 saturated heterocycles. The van der Waals surface area contributed by atoms with Crippen molar-refractivity contribution in [1.29, 1.82) is 0 Å². The number of Topliss-reactive ketones (excluding diaryl/α,β-unsaturated/α-hetero) is 1. The van der Waals surface area contributed by atoms with E-state index in [0.29, 0.717) is 11.3 Å². The molecule has 6 nitrogen and oxygen atoms in total. The monoisotopic (exact) mass is 359 g/mol. The molecule has 0 aliphatic carbocycles. The van der Waals surface area contributed by atoms with E-state index in [9.17, 15) is 13.2 Å². The third kappa shape index (κ3) is 4.24. The highest BCUT2D eigenvalue weighted by Crippen LogP contribution is 2.23. The van der Waals surface area contributed by atoms with Crippen molar-refractivity contribution in [3.8, 4) is 0 Å². The van der Waals surface area contributed by atoms with Crippen LogP contribution in [0, 0.1) is 5.92 Å². The first-order valence-electron chi connectivity index (χ1n) is 8.21. The summed E-state index contributed by atoms with van der Waals surface area (Å²) in [6, 6.07) is 9.72. The van der Waals surface area contributed by atoms with Crippen LogP contribution in [-0.2, 0) is 10.0 Å². The molecule has 2 aromatic rings. The second kappa shape index (κ2) is 7.33. The van der Waals surface area contributed by atoms with Crippen molar-refractivity contribution in [3.05, 3.63) is 54.4 Å². The Bertz CT molecular complexity index is 845. The Morgan fingerprint density at radius 1 is 1.20 bits per heavy atom. The van der Waals surface area contributed by atoms with E-state index in [0.717, 1.165) is 25.9 Å². The van der Waals surface area contributed by atoms with Crippen LogP contribution >= 0.6 is 0 Å². The van der Waals surface area contributed by atoms with Gasteiger partial charge in [-0.25, -0.2) is 8.42 Å². The maximum atomic E-state index is 12.7. The number of ketones is 1. The number of hydrogen-bond acceptors (Lipinski definition) is 5. The predicted octanol–water partition coefficient (Wildman–Crippen LogP) is 2.41. The van der Waals surface area contributed by atoms with Gasteiger partial charge in [0.15, 0.2) is 5.78 Å². The van der Waals surface area contributed by atoms with E-state index in [2.05, 4.69) is 21.7 Å². The number of sulfonamides is 1. The molecule has 0 unspecified atom stereocenters. The molecule has 25 heavy (non-hydrogen) atoms. The van der Waals surface area contributed by atoms with E-state index in [4.69, 9.17) is 0 Å². The van der Waals surface area contributed by atoms with Crippen LogP contribution in [0.5, 0.6) is 0 Å². The Kier molecular flexibility index (Phi) is 5.15. The van der Waals surface area contributed by atoms with Crippen molar-refractivity contribution in [2.75, 3.05) is 24.9 Å². The summed E-state index contributed by atoms with van der Waals surface area (Å²) in [6.45, 7) is 1.81. The number of nitrogens with zero attached hydrogens (tertiary/aromatic N) is 2. The highest BCUT2D eigenvalue weighted by molar-refractivity contribution is 7.92. The van der Waals surface area contributed by atoms with Gasteiger partial charge in [-0.2, -0.15) is 0 Å². The fourth-order valence-corrected chi connectivity index (χ4v) is 3.98. The van der Waals surface area contributed by atoms with Crippen LogP contribution in [0.15, 0.2) is 53.7 Å². The number of likely N-dealkylation sites (tertiary alicyclic amines) is 1. The lowest BCUT2D eigenvalue weighted by Crippen LogP contribution is -2.33. The SMILES string of the molecule is CN1CCC(C(=O)c2cccc(NS(=O)(=O)c3cccnc3)c2)CC1. The highest BCUT2D eigenvalue weighted by Gasteiger charge is 2.24. The van der Waals surface area contributed by atoms with Crippen molar-refractivity contribution in [3.63, 3.8) is 0 Å². The fourth-order valence-electron chi connectivity index (χ4n) is 2.96. The molecule has 0 bridgehead atoms. The van der Waals surface area contributed by atoms with Gasteiger partial charge in [-0.15, -0.1) is 0 Å². The van der Waals surface area contributed by atoms with Crippen LogP contribution in [0.4, 0.5) is 5.69 Å². The van der Waals surface area contributed by atoms with Crippen molar-refractivity contribution in [1.82, 2.24) is 9.88 Å². The van der Waals surface area contributed by atoms with Crippen molar-refractivity contribution in [2.45, 2.75) is 17.7 Å². The molecule has 132 valence electrons. The van der Waals surface area contributed by atoms with E-state index in [1.807, 2.05) is 0 Å². The number of hydrogen-bond donors (Lipinski definition) is 1. The lowest BCUT2D eigenvalue weighted by molar-refractivity contribution is 0.0857. The number of pyridine rings is 1. The molecule has 0 spiro atoms. The highest BCUT2D eigenvalue weighted by atomic mass is 32.2. The normalized spacial score (nSPS) is 16.5. The Hall–Kier alpha value is -2.25. The lowest BCUT2D eigenvalue weighted by Gasteiger charge is -2.28. The first-order chi connectivity index (χ1) is 12.0. The second-order valence-corrected chi connectivity index (χ2v) is 8.00. The molecule has 3 rings (SSSR count). The van der Waals surface area contributed by atoms with E-state index >= 15 is 0 Å². The standard InChI is InChI=1S/C18H21N3O3S/c1-21-10-7-14(8-11-21)18(22)15-4-2-5-16(12-15)20-25(23,24)17-6-3-9-19-13-17/h2-6,9,12-14,20H,7-8,10-11H2,1H3. The van der Waals surface area contributed by atoms with Crippen LogP contribution in [0.1, 0.15) is 23.2 Å². The van der Waals surface area contributed by atoms with Crippen LogP contribution in [0.3, 0.4) is 0 Å². The molecule has 1 N–H and O–H groups in total. The third-order valence-electron chi connectivity index (χ3n) is 4.43. The van der Waals surface area contributed by atoms with Crippen LogP contribution in [0.25, 0.3) is 0 Å². The number of carbonyl (C=O) groups is 1. The largest absolute Gasteiger partial charge is 0.306 e. The van der Waals surface area contributed by atoms with E-state index in [1.54, 1.807) is 30.3 Å². The second-order valence-electron chi connectivity index (χ2n) is 6.32. The summed E-state index contributed by atoms with van der Waals surface area (Å²) in [5.41, 5.74) is 0.920. The van der Waals surface area contributed by atoms with Crippen LogP contribution in [-0.4, -0.2) is 44.2 Å². The molecule has 1 fully saturated rings. The van der Waals surface area contributed by atoms with Crippen LogP contribution < -0.4 is 4.72 Å². The lowest BCUT2D eigenvalue weighted by atomic mass is 9.89. The van der Waals surface area contributed by atoms with Gasteiger partial charge in [0.1, 0.15) is 4.90 Å². The third-order valence-corrected chi connectivity index (χ3v) is 5.80. The summed E-state index contributed by atoms with van der Waals surface area (Å²) in [5.74, 6) is 0.0805. The Labute approximate surface area is 147 Å². The summed E-state index contributed by atoms with van der Waals surface area (Å²) in [6.07, 6.45) is 4.47. The number of carbonyl (C=O) groups excluding carboxylic acids is 1. The average Bonchev–Trinajstić information content (AvgIpc) is 2.62. The zero-order valence-electron chi connectivity index (χ0n) is 14.1. The first kappa shape index (κ1) is 17.6. The summed E-state index contributed by atoms with van der Waals surface area (Å²) in [4.78, 5) is 18.8. The average molecular weight is 359 g/mol. The van der Waals surface area contributed by atoms with Crippen molar-refractivity contribution < 1.29 is 13.2 Å². The number of piperidine rings is 1. The summed E-state index contributed by atoms with van der Waals surface area (Å²) >= 11 is 0. The molecule has 0 radical (unpaired) electrons. The first-order valence-corrected chi connectivity index (χ1v) is 9.70. The minimum absolute atomic E-state index is 0.00128. The van der Waals surface area contributed by atoms with Crippen molar-refractivity contribution in [2.24, 2.45) is 5.92 Å². The maximum Gasteiger partial charge on any atom is 0.263 e. The molecule has 1 aromatic carbocycles. The maximum absolute atomic E-state index is 12.7. The molecule has 1 aromatic heterocycles. The smallest absolute Gasteiger partial charge is 0.263 e. The molecule has 0 saturated carbocycles. The number of anilines is 1. The molecule has 1 aliphatic rings. The molecule has 2 heterocycles. The number of aromatic nitrogens is 1.